The number of amides is 1. The summed E-state index contributed by atoms with van der Waals surface area (Å²) in [4.78, 5) is 50.5. The molecule has 882 valence electrons. The topological polar surface area (TPSA) is 331 Å². The van der Waals surface area contributed by atoms with Gasteiger partial charge < -0.3 is 84.1 Å². The molecular weight excluding hydrogens is 1880 g/mol. The number of hydrogen-bond donors (Lipinski definition) is 10. The lowest BCUT2D eigenvalue weighted by atomic mass is 9.85. The molecule has 0 radical (unpaired) electrons. The number of fused-ring (bicyclic) bond motifs is 1. The molecule has 1 amide bonds. The number of aliphatic hydroxyl groups excluding tert-OH is 8. The molecule has 21 heteroatoms. The Morgan fingerprint density at radius 2 is 1.03 bits per heavy atom. The second-order valence-corrected chi connectivity index (χ2v) is 35.4. The Kier molecular flexibility index (Phi) is 136. The summed E-state index contributed by atoms with van der Waals surface area (Å²) in [7, 11) is 6.31. The standard InChI is InChI=1S/C44H72O9.C30H42O7.C25H41NO4.C5H12.C3H8.11C2H6/c1-12-38(52-44(51)22-20-32(6)23-30(4)15-13-16-31(5)26-40(48)41(49)28-37(11)46)17-14-18-43(50)53-42(21-19-29(2)3)35(9)25-33(7)24-34(8)39(47)27-36(10)45;1-10-18(2)13-11-12-14-22(33-6)21(5)29(36-9)19(3)15-16-23-20(4)27(31)26-24(34-7)17-25(35-8)28(32)30(26)37-23;1-17(2)14-20(5)24(29)21(6)15-18(3)12-13-23(28)11-9-8-10-19(4)25(30)26-22(7)16-27;1-4-5(2)3;1-3-2;11*1-2/h13,15-16,19-20,22-24,26,34-42,45-49H,12,14,17-18,21,25,27-28H2,1-11H3;10-14,17,19,21-22,29,32H,15-16H2,1-9H3;8-10,12-15,17,21-24,27-29H,11,16H2,1-7H3,(H,26,30);5H,4H2,1-3H3;3H2,1-2H3;11*1-2H3/b16-13+,22-20+,30-15+,31-26+,32-23+,33-24+;13-11+,14-12+,18-10+;9-8+,13-12+,18-15+,19-10+,20-14+;;;;;;;;;;;;;/t34-,35+,36-,37+,38?,39-,40+,41+,42-;19-,21+,22-,29-;21-,22+,23?,24+;;;;;;;;;;;;;/m101............./s1. The van der Waals surface area contributed by atoms with Crippen molar-refractivity contribution in [2.75, 3.05) is 35.0 Å². The van der Waals surface area contributed by atoms with Crippen molar-refractivity contribution in [2.45, 2.75) is 503 Å². The molecule has 0 aliphatic carbocycles. The Morgan fingerprint density at radius 3 is 1.49 bits per heavy atom. The van der Waals surface area contributed by atoms with Crippen LogP contribution >= 0.6 is 0 Å². The van der Waals surface area contributed by atoms with Crippen molar-refractivity contribution in [1.82, 2.24) is 5.32 Å². The third-order valence-electron chi connectivity index (χ3n) is 21.2. The van der Waals surface area contributed by atoms with E-state index in [1.807, 2.05) is 302 Å². The van der Waals surface area contributed by atoms with E-state index >= 15 is 0 Å². The fourth-order valence-corrected chi connectivity index (χ4v) is 13.2. The van der Waals surface area contributed by atoms with Crippen LogP contribution in [0.3, 0.4) is 0 Å². The van der Waals surface area contributed by atoms with Crippen LogP contribution in [0.15, 0.2) is 193 Å². The van der Waals surface area contributed by atoms with E-state index in [4.69, 9.17) is 37.9 Å². The van der Waals surface area contributed by atoms with Crippen molar-refractivity contribution >= 4 is 28.8 Å². The van der Waals surface area contributed by atoms with Gasteiger partial charge in [0.25, 0.3) is 0 Å². The van der Waals surface area contributed by atoms with Crippen molar-refractivity contribution in [3.63, 3.8) is 0 Å². The van der Waals surface area contributed by atoms with Crippen molar-refractivity contribution in [3.8, 4) is 17.2 Å². The van der Waals surface area contributed by atoms with Crippen LogP contribution in [0.4, 0.5) is 0 Å². The summed E-state index contributed by atoms with van der Waals surface area (Å²) in [6, 6.07) is 1.20. The van der Waals surface area contributed by atoms with Gasteiger partial charge in [-0.2, -0.15) is 0 Å². The molecule has 10 N–H and O–H groups in total. The van der Waals surface area contributed by atoms with Gasteiger partial charge in [-0.1, -0.05) is 416 Å². The first-order chi connectivity index (χ1) is 71.0. The minimum Gasteiger partial charge on any atom is -0.502 e. The summed E-state index contributed by atoms with van der Waals surface area (Å²) in [6.07, 6.45) is 41.1. The van der Waals surface area contributed by atoms with E-state index in [9.17, 15) is 60.0 Å². The maximum atomic E-state index is 13.2. The molecule has 17 atom stereocenters. The molecule has 0 bridgehead atoms. The normalized spacial score (nSPS) is 15.0. The average Bonchev–Trinajstić information content (AvgIpc) is 0.757. The third kappa shape index (κ3) is 93.5. The van der Waals surface area contributed by atoms with E-state index < -0.39 is 48.7 Å². The van der Waals surface area contributed by atoms with Crippen LogP contribution in [0, 0.1) is 48.3 Å². The number of benzene rings is 1. The smallest absolute Gasteiger partial charge is 0.331 e. The van der Waals surface area contributed by atoms with E-state index in [2.05, 4.69) is 99.7 Å². The summed E-state index contributed by atoms with van der Waals surface area (Å²) < 4.78 is 40.0. The summed E-state index contributed by atoms with van der Waals surface area (Å²) in [5, 5.41) is 92.3. The van der Waals surface area contributed by atoms with Gasteiger partial charge >= 0.3 is 11.9 Å². The molecule has 0 saturated carbocycles. The number of esters is 2. The quantitative estimate of drug-likeness (QED) is 0.0127. The molecule has 0 aliphatic heterocycles. The Morgan fingerprint density at radius 1 is 0.527 bits per heavy atom. The number of aliphatic hydroxyl groups is 8. The zero-order valence-corrected chi connectivity index (χ0v) is 107. The van der Waals surface area contributed by atoms with Gasteiger partial charge in [0.05, 0.1) is 75.8 Å². The number of aromatic hydroxyl groups is 1. The number of methoxy groups -OCH3 is 4. The second-order valence-electron chi connectivity index (χ2n) is 35.4. The van der Waals surface area contributed by atoms with E-state index in [-0.39, 0.29) is 119 Å². The number of ether oxygens (including phenoxy) is 6. The van der Waals surface area contributed by atoms with Crippen LogP contribution in [0.5, 0.6) is 17.2 Å². The largest absolute Gasteiger partial charge is 0.502 e. The molecule has 150 heavy (non-hydrogen) atoms. The van der Waals surface area contributed by atoms with Gasteiger partial charge in [-0.15, -0.1) is 0 Å². The van der Waals surface area contributed by atoms with Crippen LogP contribution in [-0.2, 0) is 39.8 Å². The number of carbonyl (C=O) groups excluding carboxylic acids is 3. The molecule has 0 spiro atoms. The Labute approximate surface area is 923 Å². The number of allylic oxidation sites excluding steroid dienone is 20. The highest BCUT2D eigenvalue weighted by molar-refractivity contribution is 5.93. The van der Waals surface area contributed by atoms with Gasteiger partial charge in [-0.25, -0.2) is 4.79 Å². The number of nitrogens with one attached hydrogen (secondary N) is 1. The van der Waals surface area contributed by atoms with Crippen molar-refractivity contribution in [3.05, 3.63) is 205 Å². The number of rotatable bonds is 51. The fourth-order valence-electron chi connectivity index (χ4n) is 13.2. The highest BCUT2D eigenvalue weighted by Gasteiger charge is 2.31. The lowest BCUT2D eigenvalue weighted by Crippen LogP contribution is -2.36. The van der Waals surface area contributed by atoms with Gasteiger partial charge in [0.1, 0.15) is 29.1 Å². The molecule has 0 aliphatic rings. The van der Waals surface area contributed by atoms with Crippen molar-refractivity contribution in [2.24, 2.45) is 41.4 Å². The molecular formula is C129H241NO20. The number of phenols is 1. The van der Waals surface area contributed by atoms with Gasteiger partial charge in [0, 0.05) is 87.0 Å². The average molecular weight is 2130 g/mol. The monoisotopic (exact) mass is 2120 g/mol. The predicted octanol–water partition coefficient (Wildman–Crippen LogP) is 32.7. The molecule has 0 saturated heterocycles. The maximum absolute atomic E-state index is 13.2. The molecule has 2 rings (SSSR count). The first kappa shape index (κ1) is 172. The number of phenolic OH excluding ortho intramolecular Hbond substituents is 1. The lowest BCUT2D eigenvalue weighted by Gasteiger charge is -2.32. The fraction of sp³-hybridized carbons (Fsp3) is 0.674. The van der Waals surface area contributed by atoms with E-state index in [0.29, 0.717) is 86.4 Å². The first-order valence-corrected chi connectivity index (χ1v) is 57.1. The number of hydrogen-bond acceptors (Lipinski definition) is 20. The van der Waals surface area contributed by atoms with Gasteiger partial charge in [0.15, 0.2) is 16.8 Å². The highest BCUT2D eigenvalue weighted by Crippen LogP contribution is 2.41. The summed E-state index contributed by atoms with van der Waals surface area (Å²) >= 11 is 0. The van der Waals surface area contributed by atoms with Gasteiger partial charge in [-0.05, 0) is 178 Å². The summed E-state index contributed by atoms with van der Waals surface area (Å²) in [5.41, 5.74) is 8.81. The molecule has 0 fully saturated rings. The third-order valence-corrected chi connectivity index (χ3v) is 21.2. The van der Waals surface area contributed by atoms with Crippen LogP contribution in [0.1, 0.15) is 428 Å². The molecule has 2 unspecified atom stereocenters. The molecule has 21 nitrogen and oxygen atoms in total. The number of carbonyl (C=O) groups is 3. The first-order valence-electron chi connectivity index (χ1n) is 57.1. The van der Waals surface area contributed by atoms with Gasteiger partial charge in [0.2, 0.25) is 11.7 Å². The highest BCUT2D eigenvalue weighted by atomic mass is 16.5. The number of aryl methyl sites for hydroxylation is 1. The molecule has 1 heterocycles. The minimum absolute atomic E-state index is 0.0190. The second kappa shape index (κ2) is 118. The van der Waals surface area contributed by atoms with Gasteiger partial charge in [-0.3, -0.25) is 14.4 Å². The lowest BCUT2D eigenvalue weighted by molar-refractivity contribution is -0.151. The van der Waals surface area contributed by atoms with Crippen molar-refractivity contribution in [1.29, 1.82) is 0 Å². The van der Waals surface area contributed by atoms with Crippen LogP contribution < -0.4 is 20.2 Å². The van der Waals surface area contributed by atoms with E-state index in [1.54, 1.807) is 85.3 Å². The zero-order chi connectivity index (χ0) is 121. The Hall–Kier alpha value is -8.06. The Balaban J connectivity index is -0.000000139. The summed E-state index contributed by atoms with van der Waals surface area (Å²) in [6.45, 7) is 99.1. The zero-order valence-electron chi connectivity index (χ0n) is 107. The van der Waals surface area contributed by atoms with Crippen molar-refractivity contribution < 1.29 is 93.2 Å². The van der Waals surface area contributed by atoms with Crippen LogP contribution in [0.25, 0.3) is 11.0 Å². The van der Waals surface area contributed by atoms with Crippen LogP contribution in [0.2, 0.25) is 0 Å². The van der Waals surface area contributed by atoms with Crippen LogP contribution in [-0.4, -0.2) is 172 Å². The maximum Gasteiger partial charge on any atom is 0.331 e. The Bertz CT molecular complexity index is 4030. The molecule has 1 aromatic heterocycles. The van der Waals surface area contributed by atoms with E-state index in [0.717, 1.165) is 44.9 Å². The molecule has 2 aromatic rings. The van der Waals surface area contributed by atoms with E-state index in [1.165, 1.54) is 44.8 Å². The predicted molar refractivity (Wildman–Crippen MR) is 654 cm³/mol. The SMILES string of the molecule is C/C=C(C)/C=C/C=C/[C@H](OC)[C@@H](C)[C@@H](OC)[C@@H](C)CCc1oc2c(O)c(OC)cc(OC)c2c(=O)c1C.CC.CC.CC.CC.CC.CC.CC.CC.CC.CC.CC.CC(/C=C/C(O)C/C=C/C=C(\C)C(=O)N[C@@H](C)CO)=C\[C@@H](C)[C@@H](O)/C(C)=C/C(C)C.CCC.CCC(C)C.CCC(CCCC(=O)O[C@H](CC=C(C)C)[C@@H](C)C/C(C)=C/[C@@H](C)[C@H](O)C[C@@H](C)O)OC(=O)/C=C/C(C)=C/C(C)=C/C=C/C(C)=C/[C@H](O)[C@@H](O)C[C@H](C)O. The molecule has 1 aromatic carbocycles. The minimum atomic E-state index is -1.07. The summed E-state index contributed by atoms with van der Waals surface area (Å²) in [5.74, 6) is 1.27.